The van der Waals surface area contributed by atoms with Gasteiger partial charge in [-0.15, -0.1) is 0 Å². The van der Waals surface area contributed by atoms with Gasteiger partial charge in [0.15, 0.2) is 11.5 Å². The molecule has 0 N–H and O–H groups in total. The van der Waals surface area contributed by atoms with Gasteiger partial charge in [0.05, 0.1) is 10.5 Å². The molecule has 11 heteroatoms. The smallest absolute Gasteiger partial charge is 0.267 e. The fourth-order valence-corrected chi connectivity index (χ4v) is 6.37. The van der Waals surface area contributed by atoms with Gasteiger partial charge in [0.1, 0.15) is 15.8 Å². The quantitative estimate of drug-likeness (QED) is 0.330. The highest BCUT2D eigenvalue weighted by molar-refractivity contribution is 8.26. The Bertz CT molecular complexity index is 1560. The van der Waals surface area contributed by atoms with E-state index in [1.54, 1.807) is 21.6 Å². The molecule has 2 aromatic heterocycles. The first-order valence-electron chi connectivity index (χ1n) is 13.1. The third-order valence-electron chi connectivity index (χ3n) is 7.10. The molecule has 1 aromatic carbocycles. The van der Waals surface area contributed by atoms with E-state index in [0.717, 1.165) is 43.1 Å². The van der Waals surface area contributed by atoms with E-state index in [1.165, 1.54) is 17.3 Å². The number of fused-ring (bicyclic) bond motifs is 2. The van der Waals surface area contributed by atoms with Crippen LogP contribution in [0.5, 0.6) is 11.5 Å². The Morgan fingerprint density at radius 2 is 1.87 bits per heavy atom. The van der Waals surface area contributed by atoms with Crippen LogP contribution in [0.1, 0.15) is 30.0 Å². The van der Waals surface area contributed by atoms with Gasteiger partial charge in [0.2, 0.25) is 6.79 Å². The van der Waals surface area contributed by atoms with Crippen molar-refractivity contribution in [2.75, 3.05) is 44.4 Å². The van der Waals surface area contributed by atoms with Crippen molar-refractivity contribution in [3.8, 4) is 11.5 Å². The second-order valence-corrected chi connectivity index (χ2v) is 11.5. The topological polar surface area (TPSA) is 79.6 Å². The summed E-state index contributed by atoms with van der Waals surface area (Å²) in [5.41, 5.74) is 2.93. The van der Waals surface area contributed by atoms with Crippen molar-refractivity contribution in [2.24, 2.45) is 0 Å². The van der Waals surface area contributed by atoms with Gasteiger partial charge in [-0.05, 0) is 48.7 Å². The van der Waals surface area contributed by atoms with Crippen LogP contribution in [0.4, 0.5) is 5.82 Å². The molecule has 0 atom stereocenters. The van der Waals surface area contributed by atoms with E-state index in [0.29, 0.717) is 45.9 Å². The molecule has 0 spiro atoms. The van der Waals surface area contributed by atoms with Gasteiger partial charge in [0, 0.05) is 45.5 Å². The third kappa shape index (κ3) is 5.02. The molecule has 0 saturated carbocycles. The van der Waals surface area contributed by atoms with Crippen molar-refractivity contribution in [2.45, 2.75) is 26.8 Å². The Hall–Kier alpha value is -3.41. The maximum Gasteiger partial charge on any atom is 0.267 e. The van der Waals surface area contributed by atoms with E-state index in [-0.39, 0.29) is 18.3 Å². The minimum Gasteiger partial charge on any atom is -0.454 e. The molecule has 9 nitrogen and oxygen atoms in total. The number of nitrogens with zero attached hydrogens (tertiary/aromatic N) is 5. The van der Waals surface area contributed by atoms with Gasteiger partial charge >= 0.3 is 0 Å². The average Bonchev–Trinajstić information content (AvgIpc) is 3.50. The maximum atomic E-state index is 13.8. The van der Waals surface area contributed by atoms with Crippen molar-refractivity contribution >= 4 is 51.7 Å². The van der Waals surface area contributed by atoms with E-state index in [2.05, 4.69) is 15.9 Å². The summed E-state index contributed by atoms with van der Waals surface area (Å²) in [7, 11) is 0. The maximum absolute atomic E-state index is 13.8. The predicted octanol–water partition coefficient (Wildman–Crippen LogP) is 3.67. The van der Waals surface area contributed by atoms with E-state index >= 15 is 0 Å². The number of thiocarbonyl (C=S) groups is 1. The molecule has 39 heavy (non-hydrogen) atoms. The number of ether oxygens (including phenoxy) is 2. The summed E-state index contributed by atoms with van der Waals surface area (Å²) in [6, 6.07) is 9.87. The zero-order chi connectivity index (χ0) is 27.1. The highest BCUT2D eigenvalue weighted by Gasteiger charge is 2.32. The van der Waals surface area contributed by atoms with Crippen LogP contribution in [0.3, 0.4) is 0 Å². The van der Waals surface area contributed by atoms with Crippen molar-refractivity contribution < 1.29 is 14.3 Å². The van der Waals surface area contributed by atoms with Crippen LogP contribution in [0.15, 0.2) is 46.2 Å². The molecule has 0 unspecified atom stereocenters. The summed E-state index contributed by atoms with van der Waals surface area (Å²) in [6.45, 7) is 8.60. The minimum atomic E-state index is -0.192. The second-order valence-electron chi connectivity index (χ2n) is 9.87. The molecule has 1 amide bonds. The lowest BCUT2D eigenvalue weighted by Crippen LogP contribution is -2.47. The van der Waals surface area contributed by atoms with Gasteiger partial charge in [0.25, 0.3) is 11.5 Å². The number of piperazine rings is 1. The van der Waals surface area contributed by atoms with E-state index in [9.17, 15) is 9.59 Å². The number of carbonyl (C=O) groups excluding carboxylic acids is 1. The zero-order valence-corrected chi connectivity index (χ0v) is 23.5. The van der Waals surface area contributed by atoms with Crippen LogP contribution >= 0.6 is 24.0 Å². The molecular weight excluding hydrogens is 534 g/mol. The van der Waals surface area contributed by atoms with Crippen LogP contribution in [-0.2, 0) is 11.3 Å². The number of pyridine rings is 1. The van der Waals surface area contributed by atoms with Crippen molar-refractivity contribution in [3.05, 3.63) is 68.5 Å². The number of carbonyl (C=O) groups is 1. The molecule has 0 aliphatic carbocycles. The summed E-state index contributed by atoms with van der Waals surface area (Å²) in [6.07, 6.45) is 4.28. The SMILES string of the molecule is CCCN1C(=O)C(=Cc2c(N3CCN(Cc4ccc5c(c4)OCO5)CC3)nc3ccc(C)cn3c2=O)SC1=S. The number of rotatable bonds is 6. The molecule has 2 fully saturated rings. The molecule has 5 heterocycles. The minimum absolute atomic E-state index is 0.153. The fourth-order valence-electron chi connectivity index (χ4n) is 5.08. The molecular formula is C28H29N5O4S2. The molecule has 0 bridgehead atoms. The highest BCUT2D eigenvalue weighted by Crippen LogP contribution is 2.35. The average molecular weight is 564 g/mol. The van der Waals surface area contributed by atoms with E-state index < -0.39 is 0 Å². The Morgan fingerprint density at radius 1 is 1.08 bits per heavy atom. The number of amides is 1. The summed E-state index contributed by atoms with van der Waals surface area (Å²) in [5, 5.41) is 0. The standard InChI is InChI=1S/C28H29N5O4S2/c1-3-8-32-27(35)23(39-28(32)38)14-20-25(29-24-7-4-18(2)15-33(24)26(20)34)31-11-9-30(10-12-31)16-19-5-6-21-22(13-19)37-17-36-21/h4-7,13-15H,3,8-12,16-17H2,1-2H3. The number of aryl methyl sites for hydroxylation is 1. The Labute approximate surface area is 236 Å². The lowest BCUT2D eigenvalue weighted by molar-refractivity contribution is -0.122. The second kappa shape index (κ2) is 10.6. The van der Waals surface area contributed by atoms with Crippen LogP contribution in [0, 0.1) is 6.92 Å². The number of anilines is 1. The Balaban J connectivity index is 1.29. The normalized spacial score (nSPS) is 18.7. The lowest BCUT2D eigenvalue weighted by Gasteiger charge is -2.36. The molecule has 3 aliphatic heterocycles. The van der Waals surface area contributed by atoms with E-state index in [1.807, 2.05) is 38.1 Å². The van der Waals surface area contributed by atoms with Crippen molar-refractivity contribution in [1.29, 1.82) is 0 Å². The number of thioether (sulfide) groups is 1. The Morgan fingerprint density at radius 3 is 2.67 bits per heavy atom. The molecule has 0 radical (unpaired) electrons. The predicted molar refractivity (Wildman–Crippen MR) is 156 cm³/mol. The first-order valence-corrected chi connectivity index (χ1v) is 14.3. The number of benzene rings is 1. The van der Waals surface area contributed by atoms with Gasteiger partial charge in [-0.25, -0.2) is 4.98 Å². The lowest BCUT2D eigenvalue weighted by atomic mass is 10.1. The molecule has 3 aliphatic rings. The third-order valence-corrected chi connectivity index (χ3v) is 8.47. The van der Waals surface area contributed by atoms with Gasteiger partial charge < -0.3 is 14.4 Å². The fraction of sp³-hybridized carbons (Fsp3) is 0.357. The van der Waals surface area contributed by atoms with Crippen molar-refractivity contribution in [3.63, 3.8) is 0 Å². The molecule has 3 aromatic rings. The van der Waals surface area contributed by atoms with E-state index in [4.69, 9.17) is 26.7 Å². The van der Waals surface area contributed by atoms with Gasteiger partial charge in [-0.2, -0.15) is 0 Å². The van der Waals surface area contributed by atoms with Gasteiger partial charge in [-0.1, -0.05) is 43.0 Å². The van der Waals surface area contributed by atoms with Crippen LogP contribution in [0.25, 0.3) is 11.7 Å². The Kier molecular flexibility index (Phi) is 7.05. The first-order chi connectivity index (χ1) is 18.9. The molecule has 2 saturated heterocycles. The summed E-state index contributed by atoms with van der Waals surface area (Å²) in [5.74, 6) is 2.02. The van der Waals surface area contributed by atoms with Crippen LogP contribution in [-0.4, -0.2) is 68.9 Å². The number of hydrogen-bond donors (Lipinski definition) is 0. The molecule has 6 rings (SSSR count). The largest absolute Gasteiger partial charge is 0.454 e. The van der Waals surface area contributed by atoms with Gasteiger partial charge in [-0.3, -0.25) is 23.8 Å². The summed E-state index contributed by atoms with van der Waals surface area (Å²) >= 11 is 6.70. The first kappa shape index (κ1) is 25.8. The molecule has 202 valence electrons. The highest BCUT2D eigenvalue weighted by atomic mass is 32.2. The van der Waals surface area contributed by atoms with Crippen LogP contribution in [0.2, 0.25) is 0 Å². The zero-order valence-electron chi connectivity index (χ0n) is 21.9. The van der Waals surface area contributed by atoms with Crippen molar-refractivity contribution in [1.82, 2.24) is 19.2 Å². The monoisotopic (exact) mass is 563 g/mol. The summed E-state index contributed by atoms with van der Waals surface area (Å²) < 4.78 is 13.0. The number of hydrogen-bond acceptors (Lipinski definition) is 9. The summed E-state index contributed by atoms with van der Waals surface area (Å²) in [4.78, 5) is 38.4. The van der Waals surface area contributed by atoms with Crippen LogP contribution < -0.4 is 19.9 Å². The number of aromatic nitrogens is 2.